The van der Waals surface area contributed by atoms with Crippen molar-refractivity contribution in [1.82, 2.24) is 15.1 Å². The average molecular weight is 257 g/mol. The molecule has 0 unspecified atom stereocenters. The number of hydrogen-bond donors (Lipinski definition) is 1. The van der Waals surface area contributed by atoms with Gasteiger partial charge in [-0.05, 0) is 46.8 Å². The minimum absolute atomic E-state index is 0.123. The van der Waals surface area contributed by atoms with Gasteiger partial charge in [0, 0.05) is 23.3 Å². The number of nitrogens with one attached hydrogen (secondary N) is 1. The summed E-state index contributed by atoms with van der Waals surface area (Å²) in [6.45, 7) is 11.6. The first kappa shape index (κ1) is 13.8. The zero-order valence-electron chi connectivity index (χ0n) is 12.5. The molecular weight excluding hydrogens is 234 g/mol. The maximum Gasteiger partial charge on any atom is 0.0648 e. The summed E-state index contributed by atoms with van der Waals surface area (Å²) in [7, 11) is 0. The predicted molar refractivity (Wildman–Crippen MR) is 79.6 cm³/mol. The molecule has 1 heterocycles. The zero-order chi connectivity index (χ0) is 14.0. The van der Waals surface area contributed by atoms with Crippen LogP contribution in [0.2, 0.25) is 0 Å². The predicted octanol–water partition coefficient (Wildman–Crippen LogP) is 3.38. The van der Waals surface area contributed by atoms with Gasteiger partial charge in [0.2, 0.25) is 0 Å². The van der Waals surface area contributed by atoms with E-state index >= 15 is 0 Å². The van der Waals surface area contributed by atoms with Crippen molar-refractivity contribution in [2.24, 2.45) is 0 Å². The van der Waals surface area contributed by atoms with Crippen LogP contribution in [0.25, 0.3) is 5.69 Å². The van der Waals surface area contributed by atoms with Crippen molar-refractivity contribution < 1.29 is 0 Å². The molecule has 3 heteroatoms. The fourth-order valence-corrected chi connectivity index (χ4v) is 1.92. The third kappa shape index (κ3) is 3.44. The molecule has 0 amide bonds. The molecule has 0 spiro atoms. The van der Waals surface area contributed by atoms with Crippen molar-refractivity contribution >= 4 is 0 Å². The molecule has 0 bridgehead atoms. The van der Waals surface area contributed by atoms with E-state index in [1.54, 1.807) is 0 Å². The van der Waals surface area contributed by atoms with Gasteiger partial charge >= 0.3 is 0 Å². The summed E-state index contributed by atoms with van der Waals surface area (Å²) in [5, 5.41) is 7.99. The summed E-state index contributed by atoms with van der Waals surface area (Å²) in [6.07, 6.45) is 1.95. The van der Waals surface area contributed by atoms with Gasteiger partial charge in [-0.25, -0.2) is 4.68 Å². The zero-order valence-corrected chi connectivity index (χ0v) is 12.5. The van der Waals surface area contributed by atoms with E-state index < -0.39 is 0 Å². The van der Waals surface area contributed by atoms with Gasteiger partial charge in [-0.3, -0.25) is 0 Å². The Balaban J connectivity index is 2.20. The average Bonchev–Trinajstić information content (AvgIpc) is 2.68. The second-order valence-corrected chi connectivity index (χ2v) is 6.11. The lowest BCUT2D eigenvalue weighted by Gasteiger charge is -2.20. The van der Waals surface area contributed by atoms with Crippen LogP contribution < -0.4 is 5.32 Å². The van der Waals surface area contributed by atoms with Crippen LogP contribution in [0.4, 0.5) is 0 Å². The number of aromatic nitrogens is 2. The molecule has 0 aliphatic carbocycles. The number of hydrogen-bond acceptors (Lipinski definition) is 2. The summed E-state index contributed by atoms with van der Waals surface area (Å²) in [4.78, 5) is 0. The number of benzene rings is 1. The van der Waals surface area contributed by atoms with Gasteiger partial charge < -0.3 is 5.32 Å². The largest absolute Gasteiger partial charge is 0.308 e. The molecule has 0 saturated carbocycles. The second kappa shape index (κ2) is 5.17. The number of aryl methyl sites for hydroxylation is 1. The highest BCUT2D eigenvalue weighted by molar-refractivity contribution is 5.36. The van der Waals surface area contributed by atoms with Gasteiger partial charge in [0.15, 0.2) is 0 Å². The van der Waals surface area contributed by atoms with Gasteiger partial charge in [-0.2, -0.15) is 5.10 Å². The standard InChI is InChI=1S/C16H23N3/c1-12-6-8-15(9-7-12)19-13(2)14(11-18-19)10-17-16(3,4)5/h6-9,11,17H,10H2,1-5H3. The normalized spacial score (nSPS) is 11.8. The van der Waals surface area contributed by atoms with Crippen molar-refractivity contribution in [3.8, 4) is 5.69 Å². The molecule has 1 aromatic heterocycles. The molecule has 2 rings (SSSR count). The SMILES string of the molecule is Cc1ccc(-n2ncc(CNC(C)(C)C)c2C)cc1. The summed E-state index contributed by atoms with van der Waals surface area (Å²) in [6, 6.07) is 8.44. The Labute approximate surface area is 115 Å². The number of nitrogens with zero attached hydrogens (tertiary/aromatic N) is 2. The first-order chi connectivity index (χ1) is 8.87. The van der Waals surface area contributed by atoms with Gasteiger partial charge in [-0.15, -0.1) is 0 Å². The molecule has 1 aromatic carbocycles. The molecule has 1 N–H and O–H groups in total. The van der Waals surface area contributed by atoms with Gasteiger partial charge in [0.25, 0.3) is 0 Å². The Hall–Kier alpha value is -1.61. The fourth-order valence-electron chi connectivity index (χ4n) is 1.92. The van der Waals surface area contributed by atoms with E-state index in [2.05, 4.69) is 69.3 Å². The monoisotopic (exact) mass is 257 g/mol. The number of rotatable bonds is 3. The molecule has 0 radical (unpaired) electrons. The Morgan fingerprint density at radius 2 is 1.74 bits per heavy atom. The van der Waals surface area contributed by atoms with Crippen LogP contribution in [0, 0.1) is 13.8 Å². The molecule has 0 aliphatic heterocycles. The summed E-state index contributed by atoms with van der Waals surface area (Å²) in [5.41, 5.74) is 4.95. The van der Waals surface area contributed by atoms with Gasteiger partial charge in [-0.1, -0.05) is 17.7 Å². The van der Waals surface area contributed by atoms with Crippen molar-refractivity contribution in [3.05, 3.63) is 47.3 Å². The van der Waals surface area contributed by atoms with Gasteiger partial charge in [0.05, 0.1) is 11.9 Å². The molecule has 3 nitrogen and oxygen atoms in total. The summed E-state index contributed by atoms with van der Waals surface area (Å²) < 4.78 is 2.00. The quantitative estimate of drug-likeness (QED) is 0.913. The first-order valence-electron chi connectivity index (χ1n) is 6.72. The molecular formula is C16H23N3. The lowest BCUT2D eigenvalue weighted by atomic mass is 10.1. The van der Waals surface area contributed by atoms with E-state index in [0.717, 1.165) is 12.2 Å². The van der Waals surface area contributed by atoms with Gasteiger partial charge in [0.1, 0.15) is 0 Å². The van der Waals surface area contributed by atoms with Crippen molar-refractivity contribution in [3.63, 3.8) is 0 Å². The highest BCUT2D eigenvalue weighted by Crippen LogP contribution is 2.15. The van der Waals surface area contributed by atoms with Crippen LogP contribution in [0.5, 0.6) is 0 Å². The smallest absolute Gasteiger partial charge is 0.0648 e. The van der Waals surface area contributed by atoms with E-state index in [4.69, 9.17) is 0 Å². The lowest BCUT2D eigenvalue weighted by Crippen LogP contribution is -2.35. The van der Waals surface area contributed by atoms with Crippen LogP contribution in [-0.2, 0) is 6.54 Å². The molecule has 0 fully saturated rings. The van der Waals surface area contributed by atoms with Crippen LogP contribution in [0.15, 0.2) is 30.5 Å². The highest BCUT2D eigenvalue weighted by atomic mass is 15.3. The fraction of sp³-hybridized carbons (Fsp3) is 0.438. The Bertz CT molecular complexity index is 544. The van der Waals surface area contributed by atoms with E-state index in [0.29, 0.717) is 0 Å². The molecule has 0 aliphatic rings. The molecule has 2 aromatic rings. The van der Waals surface area contributed by atoms with E-state index in [-0.39, 0.29) is 5.54 Å². The van der Waals surface area contributed by atoms with E-state index in [9.17, 15) is 0 Å². The third-order valence-corrected chi connectivity index (χ3v) is 3.20. The molecule has 0 atom stereocenters. The Kier molecular flexibility index (Phi) is 3.76. The van der Waals surface area contributed by atoms with Crippen molar-refractivity contribution in [1.29, 1.82) is 0 Å². The summed E-state index contributed by atoms with van der Waals surface area (Å²) in [5.74, 6) is 0. The third-order valence-electron chi connectivity index (χ3n) is 3.20. The van der Waals surface area contributed by atoms with Crippen molar-refractivity contribution in [2.45, 2.75) is 46.7 Å². The van der Waals surface area contributed by atoms with Crippen molar-refractivity contribution in [2.75, 3.05) is 0 Å². The second-order valence-electron chi connectivity index (χ2n) is 6.11. The maximum atomic E-state index is 4.49. The summed E-state index contributed by atoms with van der Waals surface area (Å²) >= 11 is 0. The van der Waals surface area contributed by atoms with E-state index in [1.807, 2.05) is 10.9 Å². The topological polar surface area (TPSA) is 29.9 Å². The Morgan fingerprint density at radius 1 is 1.11 bits per heavy atom. The van der Waals surface area contributed by atoms with Crippen LogP contribution in [0.3, 0.4) is 0 Å². The minimum atomic E-state index is 0.123. The highest BCUT2D eigenvalue weighted by Gasteiger charge is 2.12. The maximum absolute atomic E-state index is 4.49. The molecule has 102 valence electrons. The van der Waals surface area contributed by atoms with E-state index in [1.165, 1.54) is 16.8 Å². The first-order valence-corrected chi connectivity index (χ1v) is 6.72. The van der Waals surface area contributed by atoms with Crippen LogP contribution >= 0.6 is 0 Å². The minimum Gasteiger partial charge on any atom is -0.308 e. The molecule has 19 heavy (non-hydrogen) atoms. The lowest BCUT2D eigenvalue weighted by molar-refractivity contribution is 0.424. The molecule has 0 saturated heterocycles. The van der Waals surface area contributed by atoms with Crippen LogP contribution in [-0.4, -0.2) is 15.3 Å². The Morgan fingerprint density at radius 3 is 2.32 bits per heavy atom. The van der Waals surface area contributed by atoms with Crippen LogP contribution in [0.1, 0.15) is 37.6 Å².